The lowest BCUT2D eigenvalue weighted by molar-refractivity contribution is 0.0984. The van der Waals surface area contributed by atoms with Crippen molar-refractivity contribution < 1.29 is 9.18 Å². The van der Waals surface area contributed by atoms with E-state index in [2.05, 4.69) is 20.9 Å². The fourth-order valence-electron chi connectivity index (χ4n) is 2.52. The number of rotatable bonds is 5. The molecule has 2 aromatic carbocycles. The van der Waals surface area contributed by atoms with Crippen molar-refractivity contribution in [3.8, 4) is 0 Å². The summed E-state index contributed by atoms with van der Waals surface area (Å²) in [6, 6.07) is 14.2. The molecule has 0 aliphatic carbocycles. The van der Waals surface area contributed by atoms with Crippen LogP contribution in [0.3, 0.4) is 0 Å². The number of thiazole rings is 1. The van der Waals surface area contributed by atoms with Gasteiger partial charge in [0.05, 0.1) is 5.01 Å². The van der Waals surface area contributed by atoms with Gasteiger partial charge in [0.25, 0.3) is 5.91 Å². The molecular formula is C19H16BrFN2OS. The van der Waals surface area contributed by atoms with E-state index in [4.69, 9.17) is 0 Å². The third-order valence-corrected chi connectivity index (χ3v) is 5.09. The molecule has 1 amide bonds. The predicted molar refractivity (Wildman–Crippen MR) is 103 cm³/mol. The van der Waals surface area contributed by atoms with E-state index in [9.17, 15) is 9.18 Å². The molecule has 25 heavy (non-hydrogen) atoms. The van der Waals surface area contributed by atoms with Gasteiger partial charge < -0.3 is 4.90 Å². The first-order chi connectivity index (χ1) is 12.1. The lowest BCUT2D eigenvalue weighted by Crippen LogP contribution is -2.30. The van der Waals surface area contributed by atoms with Crippen LogP contribution in [0.4, 0.5) is 10.1 Å². The Bertz CT molecular complexity index is 896. The summed E-state index contributed by atoms with van der Waals surface area (Å²) in [7, 11) is 0. The number of benzene rings is 2. The smallest absolute Gasteiger partial charge is 0.277 e. The minimum absolute atomic E-state index is 0.156. The molecule has 6 heteroatoms. The molecule has 3 rings (SSSR count). The van der Waals surface area contributed by atoms with Crippen LogP contribution in [0.25, 0.3) is 0 Å². The molecule has 3 nitrogen and oxygen atoms in total. The molecule has 0 fully saturated rings. The first kappa shape index (κ1) is 17.8. The number of hydrogen-bond acceptors (Lipinski definition) is 3. The Morgan fingerprint density at radius 2 is 2.04 bits per heavy atom. The molecule has 0 saturated heterocycles. The van der Waals surface area contributed by atoms with Crippen molar-refractivity contribution in [3.05, 3.63) is 80.5 Å². The number of anilines is 1. The van der Waals surface area contributed by atoms with Gasteiger partial charge in [0.1, 0.15) is 11.5 Å². The molecule has 128 valence electrons. The Kier molecular flexibility index (Phi) is 5.60. The second-order valence-corrected chi connectivity index (χ2v) is 7.28. The Morgan fingerprint density at radius 1 is 1.24 bits per heavy atom. The van der Waals surface area contributed by atoms with Gasteiger partial charge in [-0.3, -0.25) is 4.79 Å². The van der Waals surface area contributed by atoms with E-state index in [1.54, 1.807) is 28.5 Å². The maximum atomic E-state index is 13.8. The zero-order chi connectivity index (χ0) is 17.8. The zero-order valence-corrected chi connectivity index (χ0v) is 16.0. The van der Waals surface area contributed by atoms with Crippen molar-refractivity contribution >= 4 is 38.9 Å². The Hall–Kier alpha value is -2.05. The van der Waals surface area contributed by atoms with Crippen molar-refractivity contribution in [2.45, 2.75) is 13.3 Å². The topological polar surface area (TPSA) is 33.2 Å². The van der Waals surface area contributed by atoms with Crippen molar-refractivity contribution in [2.75, 3.05) is 11.4 Å². The molecule has 0 atom stereocenters. The van der Waals surface area contributed by atoms with Gasteiger partial charge in [-0.2, -0.15) is 0 Å². The molecular weight excluding hydrogens is 403 g/mol. The predicted octanol–water partition coefficient (Wildman–Crippen LogP) is 5.30. The minimum Gasteiger partial charge on any atom is -0.307 e. The van der Waals surface area contributed by atoms with Crippen LogP contribution >= 0.6 is 27.3 Å². The van der Waals surface area contributed by atoms with Crippen LogP contribution in [-0.4, -0.2) is 17.4 Å². The van der Waals surface area contributed by atoms with Gasteiger partial charge in [0.2, 0.25) is 0 Å². The standard InChI is InChI=1S/C19H16BrFN2OS/c1-2-23(15-8-5-7-14(20)11-15)19(24)17-12-25-18(22-17)10-13-6-3-4-9-16(13)21/h3-9,11-12H,2,10H2,1H3. The summed E-state index contributed by atoms with van der Waals surface area (Å²) in [6.45, 7) is 2.46. The maximum absolute atomic E-state index is 13.8. The van der Waals surface area contributed by atoms with Crippen molar-refractivity contribution in [1.82, 2.24) is 4.98 Å². The molecule has 0 spiro atoms. The van der Waals surface area contributed by atoms with Gasteiger partial charge in [-0.25, -0.2) is 9.37 Å². The highest BCUT2D eigenvalue weighted by Gasteiger charge is 2.19. The third kappa shape index (κ3) is 4.14. The second-order valence-electron chi connectivity index (χ2n) is 5.42. The average Bonchev–Trinajstić information content (AvgIpc) is 3.06. The zero-order valence-electron chi connectivity index (χ0n) is 13.6. The number of carbonyl (C=O) groups excluding carboxylic acids is 1. The van der Waals surface area contributed by atoms with Crippen molar-refractivity contribution in [3.63, 3.8) is 0 Å². The molecule has 1 aromatic heterocycles. The molecule has 0 unspecified atom stereocenters. The molecule has 0 aliphatic rings. The monoisotopic (exact) mass is 418 g/mol. The number of halogens is 2. The second kappa shape index (κ2) is 7.89. The highest BCUT2D eigenvalue weighted by Crippen LogP contribution is 2.23. The van der Waals surface area contributed by atoms with Crippen molar-refractivity contribution in [1.29, 1.82) is 0 Å². The minimum atomic E-state index is -0.255. The van der Waals surface area contributed by atoms with E-state index in [0.29, 0.717) is 24.2 Å². The van der Waals surface area contributed by atoms with Crippen LogP contribution in [0.1, 0.15) is 28.0 Å². The normalized spacial score (nSPS) is 10.7. The van der Waals surface area contributed by atoms with E-state index >= 15 is 0 Å². The molecule has 1 heterocycles. The van der Waals surface area contributed by atoms with Gasteiger partial charge >= 0.3 is 0 Å². The summed E-state index contributed by atoms with van der Waals surface area (Å²) in [5.41, 5.74) is 1.78. The summed E-state index contributed by atoms with van der Waals surface area (Å²) in [5.74, 6) is -0.411. The largest absolute Gasteiger partial charge is 0.307 e. The SMILES string of the molecule is CCN(C(=O)c1csc(Cc2ccccc2F)n1)c1cccc(Br)c1. The van der Waals surface area contributed by atoms with Crippen LogP contribution in [-0.2, 0) is 6.42 Å². The summed E-state index contributed by atoms with van der Waals surface area (Å²) in [4.78, 5) is 18.9. The summed E-state index contributed by atoms with van der Waals surface area (Å²) in [5, 5.41) is 2.46. The summed E-state index contributed by atoms with van der Waals surface area (Å²) < 4.78 is 14.7. The van der Waals surface area contributed by atoms with Gasteiger partial charge in [0.15, 0.2) is 0 Å². The van der Waals surface area contributed by atoms with Gasteiger partial charge in [-0.05, 0) is 36.8 Å². The lowest BCUT2D eigenvalue weighted by atomic mass is 10.1. The van der Waals surface area contributed by atoms with E-state index in [1.165, 1.54) is 17.4 Å². The molecule has 0 bridgehead atoms. The number of aromatic nitrogens is 1. The average molecular weight is 419 g/mol. The van der Waals surface area contributed by atoms with Crippen LogP contribution in [0, 0.1) is 5.82 Å². The van der Waals surface area contributed by atoms with Crippen LogP contribution in [0.5, 0.6) is 0 Å². The number of nitrogens with zero attached hydrogens (tertiary/aromatic N) is 2. The van der Waals surface area contributed by atoms with Crippen molar-refractivity contribution in [2.24, 2.45) is 0 Å². The number of amides is 1. The molecule has 3 aromatic rings. The number of carbonyl (C=O) groups is 1. The Balaban J connectivity index is 1.81. The van der Waals surface area contributed by atoms with E-state index in [1.807, 2.05) is 31.2 Å². The maximum Gasteiger partial charge on any atom is 0.277 e. The number of hydrogen-bond donors (Lipinski definition) is 0. The Morgan fingerprint density at radius 3 is 2.76 bits per heavy atom. The highest BCUT2D eigenvalue weighted by molar-refractivity contribution is 9.10. The first-order valence-corrected chi connectivity index (χ1v) is 9.51. The van der Waals surface area contributed by atoms with Gasteiger partial charge in [-0.15, -0.1) is 11.3 Å². The fourth-order valence-corrected chi connectivity index (χ4v) is 3.70. The van der Waals surface area contributed by atoms with Gasteiger partial charge in [-0.1, -0.05) is 40.2 Å². The molecule has 0 saturated carbocycles. The first-order valence-electron chi connectivity index (χ1n) is 7.83. The molecule has 0 aliphatic heterocycles. The summed E-state index contributed by atoms with van der Waals surface area (Å²) in [6.07, 6.45) is 0.383. The van der Waals surface area contributed by atoms with Gasteiger partial charge in [0, 0.05) is 28.5 Å². The molecule has 0 radical (unpaired) electrons. The van der Waals surface area contributed by atoms with Crippen LogP contribution < -0.4 is 4.90 Å². The van der Waals surface area contributed by atoms with Crippen LogP contribution in [0.15, 0.2) is 58.4 Å². The fraction of sp³-hybridized carbons (Fsp3) is 0.158. The van der Waals surface area contributed by atoms with E-state index < -0.39 is 0 Å². The van der Waals surface area contributed by atoms with E-state index in [0.717, 1.165) is 15.2 Å². The quantitative estimate of drug-likeness (QED) is 0.562. The Labute approximate surface area is 158 Å². The highest BCUT2D eigenvalue weighted by atomic mass is 79.9. The third-order valence-electron chi connectivity index (χ3n) is 3.75. The van der Waals surface area contributed by atoms with E-state index in [-0.39, 0.29) is 11.7 Å². The molecule has 0 N–H and O–H groups in total. The lowest BCUT2D eigenvalue weighted by Gasteiger charge is -2.20. The van der Waals surface area contributed by atoms with Crippen LogP contribution in [0.2, 0.25) is 0 Å². The summed E-state index contributed by atoms with van der Waals surface area (Å²) >= 11 is 4.80.